The summed E-state index contributed by atoms with van der Waals surface area (Å²) in [5.41, 5.74) is 1.97. The molecule has 7 heteroatoms. The third kappa shape index (κ3) is 4.00. The summed E-state index contributed by atoms with van der Waals surface area (Å²) in [6.45, 7) is 0. The third-order valence-electron chi connectivity index (χ3n) is 4.40. The maximum absolute atomic E-state index is 12.8. The van der Waals surface area contributed by atoms with Crippen molar-refractivity contribution in [2.45, 2.75) is 0 Å². The van der Waals surface area contributed by atoms with Crippen molar-refractivity contribution < 1.29 is 18.7 Å². The number of ketones is 1. The number of carbonyl (C=O) groups excluding carboxylic acids is 1. The van der Waals surface area contributed by atoms with Crippen molar-refractivity contribution >= 4 is 11.5 Å². The first-order valence-electron chi connectivity index (χ1n) is 9.21. The number of methoxy groups -OCH3 is 2. The van der Waals surface area contributed by atoms with Crippen LogP contribution in [0.25, 0.3) is 5.69 Å². The largest absolute Gasteiger partial charge is 0.497 e. The normalized spacial score (nSPS) is 11.3. The van der Waals surface area contributed by atoms with Gasteiger partial charge in [-0.05, 0) is 48.5 Å². The van der Waals surface area contributed by atoms with E-state index in [1.54, 1.807) is 74.9 Å². The molecule has 30 heavy (non-hydrogen) atoms. The Labute approximate surface area is 172 Å². The quantitative estimate of drug-likeness (QED) is 0.457. The van der Waals surface area contributed by atoms with E-state index in [-0.39, 0.29) is 17.4 Å². The summed E-state index contributed by atoms with van der Waals surface area (Å²) in [7, 11) is 3.20. The van der Waals surface area contributed by atoms with E-state index in [4.69, 9.17) is 13.9 Å². The average molecular weight is 401 g/mol. The first kappa shape index (κ1) is 19.2. The predicted octanol–water partition coefficient (Wildman–Crippen LogP) is 3.95. The van der Waals surface area contributed by atoms with E-state index in [9.17, 15) is 4.79 Å². The van der Waals surface area contributed by atoms with Crippen LogP contribution >= 0.6 is 0 Å². The molecule has 0 fully saturated rings. The molecule has 0 N–H and O–H groups in total. The van der Waals surface area contributed by atoms with Crippen LogP contribution in [0.5, 0.6) is 11.5 Å². The van der Waals surface area contributed by atoms with Gasteiger partial charge in [0.15, 0.2) is 0 Å². The molecule has 4 rings (SSSR count). The number of aromatic nitrogens is 2. The molecule has 0 saturated heterocycles. The fourth-order valence-electron chi connectivity index (χ4n) is 2.82. The lowest BCUT2D eigenvalue weighted by Crippen LogP contribution is -2.15. The van der Waals surface area contributed by atoms with E-state index in [1.165, 1.54) is 4.68 Å². The van der Waals surface area contributed by atoms with Gasteiger partial charge in [-0.25, -0.2) is 0 Å². The lowest BCUT2D eigenvalue weighted by atomic mass is 10.1. The van der Waals surface area contributed by atoms with Gasteiger partial charge in [0.2, 0.25) is 5.78 Å². The summed E-state index contributed by atoms with van der Waals surface area (Å²) < 4.78 is 17.7. The molecule has 0 aliphatic heterocycles. The Balaban J connectivity index is 1.82. The fraction of sp³-hybridized carbons (Fsp3) is 0.0870. The van der Waals surface area contributed by atoms with Gasteiger partial charge in [-0.15, -0.1) is 5.10 Å². The molecule has 1 heterocycles. The minimum absolute atomic E-state index is 0.0516. The van der Waals surface area contributed by atoms with Crippen LogP contribution in [0.15, 0.2) is 88.3 Å². The molecule has 0 bridgehead atoms. The number of hydrogen-bond donors (Lipinski definition) is 0. The monoisotopic (exact) mass is 401 g/mol. The van der Waals surface area contributed by atoms with Gasteiger partial charge >= 0.3 is 5.68 Å². The summed E-state index contributed by atoms with van der Waals surface area (Å²) in [4.78, 5) is 17.4. The molecule has 0 spiro atoms. The second kappa shape index (κ2) is 8.48. The smallest absolute Gasteiger partial charge is 0.325 e. The molecular formula is C23H19N3O4. The Morgan fingerprint density at radius 2 is 1.47 bits per heavy atom. The molecule has 0 aliphatic carbocycles. The molecule has 0 saturated carbocycles. The highest BCUT2D eigenvalue weighted by Crippen LogP contribution is 2.18. The van der Waals surface area contributed by atoms with Gasteiger partial charge in [-0.2, -0.15) is 9.67 Å². The number of ether oxygens (including phenoxy) is 2. The zero-order valence-corrected chi connectivity index (χ0v) is 16.5. The number of nitrogens with zero attached hydrogens (tertiary/aromatic N) is 3. The minimum atomic E-state index is -0.325. The zero-order valence-electron chi connectivity index (χ0n) is 16.5. The second-order valence-corrected chi connectivity index (χ2v) is 6.30. The zero-order chi connectivity index (χ0) is 20.9. The van der Waals surface area contributed by atoms with Crippen LogP contribution in [0.2, 0.25) is 0 Å². The van der Waals surface area contributed by atoms with Gasteiger partial charge in [0.25, 0.3) is 5.89 Å². The number of benzene rings is 3. The van der Waals surface area contributed by atoms with Crippen LogP contribution in [0.3, 0.4) is 0 Å². The Kier molecular flexibility index (Phi) is 5.43. The van der Waals surface area contributed by atoms with Gasteiger partial charge in [-0.3, -0.25) is 4.79 Å². The lowest BCUT2D eigenvalue weighted by Gasteiger charge is -2.02. The van der Waals surface area contributed by atoms with Crippen molar-refractivity contribution in [3.63, 3.8) is 0 Å². The third-order valence-corrected chi connectivity index (χ3v) is 4.40. The standard InChI is InChI=1S/C23H19N3O4/c1-28-19-12-8-17(9-13-19)24-23-26(18-10-14-20(29-2)15-11-18)25-22(30-23)21(27)16-6-4-3-5-7-16/h3-15H,1-2H3. The summed E-state index contributed by atoms with van der Waals surface area (Å²) in [5, 5.41) is 4.38. The summed E-state index contributed by atoms with van der Waals surface area (Å²) in [5.74, 6) is 1.05. The van der Waals surface area contributed by atoms with Crippen molar-refractivity contribution in [3.05, 3.63) is 96.0 Å². The second-order valence-electron chi connectivity index (χ2n) is 6.30. The van der Waals surface area contributed by atoms with E-state index >= 15 is 0 Å². The highest BCUT2D eigenvalue weighted by Gasteiger charge is 2.18. The first-order chi connectivity index (χ1) is 14.7. The van der Waals surface area contributed by atoms with Crippen LogP contribution in [0.1, 0.15) is 16.2 Å². The molecule has 3 aromatic carbocycles. The van der Waals surface area contributed by atoms with Crippen LogP contribution in [-0.4, -0.2) is 29.8 Å². The van der Waals surface area contributed by atoms with E-state index in [0.29, 0.717) is 22.7 Å². The predicted molar refractivity (Wildman–Crippen MR) is 110 cm³/mol. The van der Waals surface area contributed by atoms with E-state index in [2.05, 4.69) is 10.1 Å². The SMILES string of the molecule is COc1ccc(N=c2oc(C(=O)c3ccccc3)nn2-c2ccc(OC)cc2)cc1. The molecule has 0 aliphatic rings. The number of hydrogen-bond acceptors (Lipinski definition) is 6. The van der Waals surface area contributed by atoms with Crippen LogP contribution in [0, 0.1) is 0 Å². The molecule has 0 amide bonds. The van der Waals surface area contributed by atoms with Crippen molar-refractivity contribution in [1.82, 2.24) is 9.78 Å². The van der Waals surface area contributed by atoms with Crippen LogP contribution in [-0.2, 0) is 0 Å². The Bertz CT molecular complexity index is 1210. The van der Waals surface area contributed by atoms with Crippen molar-refractivity contribution in [1.29, 1.82) is 0 Å². The van der Waals surface area contributed by atoms with Gasteiger partial charge in [-0.1, -0.05) is 30.3 Å². The summed E-state index contributed by atoms with van der Waals surface area (Å²) in [6.07, 6.45) is 0. The molecule has 0 radical (unpaired) electrons. The lowest BCUT2D eigenvalue weighted by molar-refractivity contribution is 0.100. The van der Waals surface area contributed by atoms with Gasteiger partial charge in [0, 0.05) is 5.56 Å². The Hall–Kier alpha value is -4.13. The van der Waals surface area contributed by atoms with E-state index in [1.807, 2.05) is 18.2 Å². The van der Waals surface area contributed by atoms with E-state index in [0.717, 1.165) is 5.75 Å². The highest BCUT2D eigenvalue weighted by molar-refractivity contribution is 6.05. The van der Waals surface area contributed by atoms with Crippen molar-refractivity contribution in [2.24, 2.45) is 4.99 Å². The Morgan fingerprint density at radius 3 is 2.07 bits per heavy atom. The molecular weight excluding hydrogens is 382 g/mol. The van der Waals surface area contributed by atoms with Crippen LogP contribution < -0.4 is 15.2 Å². The fourth-order valence-corrected chi connectivity index (χ4v) is 2.82. The average Bonchev–Trinajstić information content (AvgIpc) is 3.23. The van der Waals surface area contributed by atoms with Gasteiger partial charge < -0.3 is 13.9 Å². The molecule has 1 aromatic heterocycles. The van der Waals surface area contributed by atoms with Gasteiger partial charge in [0.05, 0.1) is 25.6 Å². The maximum atomic E-state index is 12.8. The summed E-state index contributed by atoms with van der Waals surface area (Å²) >= 11 is 0. The highest BCUT2D eigenvalue weighted by atomic mass is 16.5. The molecule has 7 nitrogen and oxygen atoms in total. The number of rotatable bonds is 6. The molecule has 150 valence electrons. The molecule has 0 unspecified atom stereocenters. The minimum Gasteiger partial charge on any atom is -0.497 e. The van der Waals surface area contributed by atoms with Crippen molar-refractivity contribution in [2.75, 3.05) is 14.2 Å². The Morgan fingerprint density at radius 1 is 0.867 bits per heavy atom. The molecule has 0 atom stereocenters. The summed E-state index contributed by atoms with van der Waals surface area (Å²) in [6, 6.07) is 23.2. The number of carbonyl (C=O) groups is 1. The van der Waals surface area contributed by atoms with Gasteiger partial charge in [0.1, 0.15) is 11.5 Å². The maximum Gasteiger partial charge on any atom is 0.325 e. The van der Waals surface area contributed by atoms with E-state index < -0.39 is 0 Å². The van der Waals surface area contributed by atoms with Crippen molar-refractivity contribution in [3.8, 4) is 17.2 Å². The molecule has 4 aromatic rings. The first-order valence-corrected chi connectivity index (χ1v) is 9.21. The van der Waals surface area contributed by atoms with Crippen LogP contribution in [0.4, 0.5) is 5.69 Å². The topological polar surface area (TPSA) is 78.9 Å².